The molecule has 6 heteroatoms. The molecule has 0 aromatic rings. The van der Waals surface area contributed by atoms with Gasteiger partial charge in [0.15, 0.2) is 6.10 Å². The molecular weight excluding hydrogens is 865 g/mol. The standard InChI is InChI=1S/C64H120O6/c1-4-7-10-13-16-19-22-25-28-31-32-34-36-39-42-45-48-51-54-57-63(66)69-60-61(59-68-62(65)56-53-50-47-44-41-38-35-30-27-24-21-18-15-12-9-6-3)70-64(67)58-55-52-49-46-43-40-37-33-29-26-23-20-17-14-11-8-5-2/h25-26,28-29,61H,4-24,27,30-60H2,1-3H3/b28-25+,29-26+/t61-/m1/s1. The smallest absolute Gasteiger partial charge is 0.306 e. The molecule has 0 aliphatic rings. The molecule has 0 bridgehead atoms. The van der Waals surface area contributed by atoms with Crippen LogP contribution >= 0.6 is 0 Å². The van der Waals surface area contributed by atoms with Gasteiger partial charge in [-0.1, -0.05) is 283 Å². The Morgan fingerprint density at radius 1 is 0.271 bits per heavy atom. The van der Waals surface area contributed by atoms with Crippen LogP contribution in [0.5, 0.6) is 0 Å². The molecule has 0 N–H and O–H groups in total. The molecule has 70 heavy (non-hydrogen) atoms. The predicted molar refractivity (Wildman–Crippen MR) is 303 cm³/mol. The molecule has 1 atom stereocenters. The van der Waals surface area contributed by atoms with E-state index >= 15 is 0 Å². The summed E-state index contributed by atoms with van der Waals surface area (Å²) in [4.78, 5) is 38.3. The molecule has 0 heterocycles. The third kappa shape index (κ3) is 56.8. The Hall–Kier alpha value is -2.11. The van der Waals surface area contributed by atoms with E-state index in [0.29, 0.717) is 19.3 Å². The van der Waals surface area contributed by atoms with Gasteiger partial charge in [-0.15, -0.1) is 0 Å². The van der Waals surface area contributed by atoms with Gasteiger partial charge in [0.1, 0.15) is 13.2 Å². The summed E-state index contributed by atoms with van der Waals surface area (Å²) in [5, 5.41) is 0. The summed E-state index contributed by atoms with van der Waals surface area (Å²) in [5.41, 5.74) is 0. The number of allylic oxidation sites excluding steroid dienone is 4. The van der Waals surface area contributed by atoms with E-state index in [0.717, 1.165) is 57.8 Å². The lowest BCUT2D eigenvalue weighted by Crippen LogP contribution is -2.30. The summed E-state index contributed by atoms with van der Waals surface area (Å²) in [6, 6.07) is 0. The van der Waals surface area contributed by atoms with Gasteiger partial charge >= 0.3 is 17.9 Å². The fourth-order valence-electron chi connectivity index (χ4n) is 9.44. The van der Waals surface area contributed by atoms with E-state index in [9.17, 15) is 14.4 Å². The number of carbonyl (C=O) groups excluding carboxylic acids is 3. The van der Waals surface area contributed by atoms with E-state index in [1.165, 1.54) is 250 Å². The van der Waals surface area contributed by atoms with Crippen LogP contribution < -0.4 is 0 Å². The molecule has 0 fully saturated rings. The fourth-order valence-corrected chi connectivity index (χ4v) is 9.44. The minimum Gasteiger partial charge on any atom is -0.462 e. The third-order valence-electron chi connectivity index (χ3n) is 14.2. The summed E-state index contributed by atoms with van der Waals surface area (Å²) in [6.07, 6.45) is 70.3. The van der Waals surface area contributed by atoms with Crippen LogP contribution in [0.3, 0.4) is 0 Å². The first-order valence-corrected chi connectivity index (χ1v) is 31.3. The fraction of sp³-hybridized carbons (Fsp3) is 0.891. The first kappa shape index (κ1) is 67.9. The van der Waals surface area contributed by atoms with E-state index in [4.69, 9.17) is 14.2 Å². The van der Waals surface area contributed by atoms with E-state index in [-0.39, 0.29) is 31.1 Å². The molecule has 0 amide bonds. The van der Waals surface area contributed by atoms with Crippen molar-refractivity contribution >= 4 is 17.9 Å². The Morgan fingerprint density at radius 2 is 0.471 bits per heavy atom. The lowest BCUT2D eigenvalue weighted by molar-refractivity contribution is -0.167. The van der Waals surface area contributed by atoms with Crippen molar-refractivity contribution in [2.45, 2.75) is 354 Å². The molecule has 0 aromatic carbocycles. The SMILES string of the molecule is CCCCCCCC/C=C/CCCCCCCCCCCC(=O)OC[C@@H](COC(=O)CCCCCCCCCCCCCCCCCC)OC(=O)CCCCCCCCC/C=C/CCCCCCCC. The first-order chi connectivity index (χ1) is 34.5. The van der Waals surface area contributed by atoms with Crippen molar-refractivity contribution in [3.63, 3.8) is 0 Å². The van der Waals surface area contributed by atoms with Gasteiger partial charge in [0.05, 0.1) is 0 Å². The monoisotopic (exact) mass is 985 g/mol. The van der Waals surface area contributed by atoms with Crippen LogP contribution in [0, 0.1) is 0 Å². The van der Waals surface area contributed by atoms with E-state index in [1.54, 1.807) is 0 Å². The van der Waals surface area contributed by atoms with Crippen molar-refractivity contribution in [2.24, 2.45) is 0 Å². The number of esters is 3. The minimum atomic E-state index is -0.771. The number of rotatable bonds is 58. The average Bonchev–Trinajstić information content (AvgIpc) is 3.36. The highest BCUT2D eigenvalue weighted by molar-refractivity contribution is 5.71. The normalized spacial score (nSPS) is 12.1. The number of hydrogen-bond acceptors (Lipinski definition) is 6. The zero-order valence-corrected chi connectivity index (χ0v) is 47.3. The highest BCUT2D eigenvalue weighted by atomic mass is 16.6. The van der Waals surface area contributed by atoms with Gasteiger partial charge in [0, 0.05) is 19.3 Å². The quantitative estimate of drug-likeness (QED) is 0.0261. The zero-order chi connectivity index (χ0) is 50.7. The maximum atomic E-state index is 12.9. The van der Waals surface area contributed by atoms with Crippen LogP contribution in [-0.4, -0.2) is 37.2 Å². The van der Waals surface area contributed by atoms with Gasteiger partial charge in [0.25, 0.3) is 0 Å². The summed E-state index contributed by atoms with van der Waals surface area (Å²) in [7, 11) is 0. The van der Waals surface area contributed by atoms with Gasteiger partial charge in [-0.2, -0.15) is 0 Å². The second kappa shape index (κ2) is 59.5. The largest absolute Gasteiger partial charge is 0.462 e. The summed E-state index contributed by atoms with van der Waals surface area (Å²) in [5.74, 6) is -0.850. The number of carbonyl (C=O) groups is 3. The molecule has 0 aliphatic carbocycles. The third-order valence-corrected chi connectivity index (χ3v) is 14.2. The molecule has 0 unspecified atom stereocenters. The maximum Gasteiger partial charge on any atom is 0.306 e. The van der Waals surface area contributed by atoms with Crippen LogP contribution in [0.25, 0.3) is 0 Å². The van der Waals surface area contributed by atoms with Gasteiger partial charge in [0.2, 0.25) is 0 Å². The number of unbranched alkanes of at least 4 members (excludes halogenated alkanes) is 43. The summed E-state index contributed by atoms with van der Waals surface area (Å²) < 4.78 is 16.9. The van der Waals surface area contributed by atoms with Crippen molar-refractivity contribution in [1.82, 2.24) is 0 Å². The molecule has 6 nitrogen and oxygen atoms in total. The molecule has 0 spiro atoms. The van der Waals surface area contributed by atoms with E-state index in [1.807, 2.05) is 0 Å². The summed E-state index contributed by atoms with van der Waals surface area (Å²) >= 11 is 0. The molecule has 0 saturated carbocycles. The molecule has 0 aromatic heterocycles. The molecule has 0 aliphatic heterocycles. The Balaban J connectivity index is 4.32. The lowest BCUT2D eigenvalue weighted by Gasteiger charge is -2.18. The topological polar surface area (TPSA) is 78.9 Å². The summed E-state index contributed by atoms with van der Waals surface area (Å²) in [6.45, 7) is 6.69. The highest BCUT2D eigenvalue weighted by Crippen LogP contribution is 2.17. The van der Waals surface area contributed by atoms with Crippen molar-refractivity contribution in [3.05, 3.63) is 24.3 Å². The van der Waals surface area contributed by atoms with Crippen LogP contribution in [-0.2, 0) is 28.6 Å². The Labute approximate surface area is 436 Å². The average molecular weight is 986 g/mol. The molecule has 0 saturated heterocycles. The second-order valence-corrected chi connectivity index (χ2v) is 21.3. The van der Waals surface area contributed by atoms with Crippen LogP contribution in [0.1, 0.15) is 348 Å². The van der Waals surface area contributed by atoms with Crippen molar-refractivity contribution in [2.75, 3.05) is 13.2 Å². The second-order valence-electron chi connectivity index (χ2n) is 21.3. The van der Waals surface area contributed by atoms with E-state index < -0.39 is 6.10 Å². The lowest BCUT2D eigenvalue weighted by atomic mass is 10.0. The molecule has 0 radical (unpaired) electrons. The minimum absolute atomic E-state index is 0.0686. The Bertz CT molecular complexity index is 1130. The van der Waals surface area contributed by atoms with Crippen LogP contribution in [0.2, 0.25) is 0 Å². The van der Waals surface area contributed by atoms with Crippen LogP contribution in [0.15, 0.2) is 24.3 Å². The van der Waals surface area contributed by atoms with Gasteiger partial charge in [-0.25, -0.2) is 0 Å². The van der Waals surface area contributed by atoms with Crippen molar-refractivity contribution < 1.29 is 28.6 Å². The van der Waals surface area contributed by atoms with Gasteiger partial charge < -0.3 is 14.2 Å². The van der Waals surface area contributed by atoms with E-state index in [2.05, 4.69) is 45.1 Å². The van der Waals surface area contributed by atoms with Gasteiger partial charge in [-0.05, 0) is 70.6 Å². The van der Waals surface area contributed by atoms with Crippen LogP contribution in [0.4, 0.5) is 0 Å². The highest BCUT2D eigenvalue weighted by Gasteiger charge is 2.19. The Morgan fingerprint density at radius 3 is 0.714 bits per heavy atom. The molecular formula is C64H120O6. The van der Waals surface area contributed by atoms with Crippen molar-refractivity contribution in [1.29, 1.82) is 0 Å². The zero-order valence-electron chi connectivity index (χ0n) is 47.3. The number of ether oxygens (including phenoxy) is 3. The first-order valence-electron chi connectivity index (χ1n) is 31.3. The van der Waals surface area contributed by atoms with Crippen molar-refractivity contribution in [3.8, 4) is 0 Å². The molecule has 412 valence electrons. The number of hydrogen-bond donors (Lipinski definition) is 0. The predicted octanol–water partition coefficient (Wildman–Crippen LogP) is 21.1. The van der Waals surface area contributed by atoms with Gasteiger partial charge in [-0.3, -0.25) is 14.4 Å². The molecule has 0 rings (SSSR count). The Kier molecular flexibility index (Phi) is 57.7. The maximum absolute atomic E-state index is 12.9.